The second-order valence-electron chi connectivity index (χ2n) is 13.6. The number of furan rings is 1. The highest BCUT2D eigenvalue weighted by atomic mass is 16.3. The Hall–Kier alpha value is -7.35. The van der Waals surface area contributed by atoms with Gasteiger partial charge in [-0.2, -0.15) is 5.26 Å². The predicted molar refractivity (Wildman–Crippen MR) is 218 cm³/mol. The average Bonchev–Trinajstić information content (AvgIpc) is 3.88. The second-order valence-corrected chi connectivity index (χ2v) is 13.6. The Morgan fingerprint density at radius 1 is 0.434 bits per heavy atom. The fourth-order valence-electron chi connectivity index (χ4n) is 8.47. The van der Waals surface area contributed by atoms with Gasteiger partial charge in [0.1, 0.15) is 11.2 Å². The van der Waals surface area contributed by atoms with E-state index in [9.17, 15) is 5.26 Å². The van der Waals surface area contributed by atoms with E-state index in [4.69, 9.17) is 4.42 Å². The monoisotopic (exact) mass is 675 g/mol. The molecular formula is C49H29N3O. The maximum Gasteiger partial charge on any atom is 0.137 e. The molecule has 0 spiro atoms. The summed E-state index contributed by atoms with van der Waals surface area (Å²) in [5, 5.41) is 17.5. The lowest BCUT2D eigenvalue weighted by atomic mass is 9.97. The van der Waals surface area contributed by atoms with Crippen LogP contribution in [0.1, 0.15) is 5.56 Å². The maximum atomic E-state index is 10.6. The van der Waals surface area contributed by atoms with Crippen LogP contribution in [0, 0.1) is 11.3 Å². The van der Waals surface area contributed by atoms with E-state index in [1.807, 2.05) is 24.3 Å². The number of nitrogens with zero attached hydrogens (tertiary/aromatic N) is 3. The fraction of sp³-hybridized carbons (Fsp3) is 0. The van der Waals surface area contributed by atoms with Crippen LogP contribution in [-0.2, 0) is 0 Å². The molecule has 4 nitrogen and oxygen atoms in total. The van der Waals surface area contributed by atoms with Crippen molar-refractivity contribution in [3.05, 3.63) is 181 Å². The minimum atomic E-state index is 0.620. The van der Waals surface area contributed by atoms with Crippen molar-refractivity contribution in [2.75, 3.05) is 0 Å². The van der Waals surface area contributed by atoms with Crippen molar-refractivity contribution >= 4 is 65.6 Å². The minimum Gasteiger partial charge on any atom is -0.456 e. The van der Waals surface area contributed by atoms with Crippen LogP contribution in [0.4, 0.5) is 0 Å². The molecular weight excluding hydrogens is 647 g/mol. The van der Waals surface area contributed by atoms with Crippen LogP contribution in [0.15, 0.2) is 180 Å². The molecule has 11 aromatic rings. The number of hydrogen-bond donors (Lipinski definition) is 0. The van der Waals surface area contributed by atoms with E-state index >= 15 is 0 Å². The Morgan fingerprint density at radius 2 is 1.08 bits per heavy atom. The van der Waals surface area contributed by atoms with Crippen LogP contribution in [0.25, 0.3) is 99.2 Å². The number of aromatic nitrogens is 2. The third kappa shape index (κ3) is 4.29. The molecule has 0 bridgehead atoms. The molecule has 0 fully saturated rings. The summed E-state index contributed by atoms with van der Waals surface area (Å²) < 4.78 is 11.1. The molecule has 3 heterocycles. The van der Waals surface area contributed by atoms with Gasteiger partial charge >= 0.3 is 0 Å². The first-order valence-electron chi connectivity index (χ1n) is 17.8. The number of para-hydroxylation sites is 3. The molecule has 0 N–H and O–H groups in total. The third-order valence-electron chi connectivity index (χ3n) is 10.8. The molecule has 8 aromatic carbocycles. The van der Waals surface area contributed by atoms with Crippen molar-refractivity contribution in [3.8, 4) is 39.7 Å². The SMILES string of the molecule is N#Cc1cccc(-n2c3ccccc3c3ccc4oc5ccccc5c4c32)c1-c1ccc(-n2c3ccccc3c3ccc(-c4ccccc4)cc32)cc1. The van der Waals surface area contributed by atoms with Crippen molar-refractivity contribution in [2.45, 2.75) is 0 Å². The Morgan fingerprint density at radius 3 is 1.87 bits per heavy atom. The summed E-state index contributed by atoms with van der Waals surface area (Å²) in [6.45, 7) is 0. The second kappa shape index (κ2) is 11.3. The highest BCUT2D eigenvalue weighted by Gasteiger charge is 2.22. The Bertz CT molecular complexity index is 3280. The molecule has 0 amide bonds. The van der Waals surface area contributed by atoms with E-state index in [-0.39, 0.29) is 0 Å². The third-order valence-corrected chi connectivity index (χ3v) is 10.8. The number of rotatable bonds is 4. The van der Waals surface area contributed by atoms with Crippen molar-refractivity contribution < 1.29 is 4.42 Å². The molecule has 0 saturated heterocycles. The summed E-state index contributed by atoms with van der Waals surface area (Å²) in [6, 6.07) is 64.1. The summed E-state index contributed by atoms with van der Waals surface area (Å²) in [5.74, 6) is 0. The average molecular weight is 676 g/mol. The zero-order chi connectivity index (χ0) is 35.0. The van der Waals surface area contributed by atoms with Crippen LogP contribution in [0.5, 0.6) is 0 Å². The topological polar surface area (TPSA) is 46.8 Å². The first-order valence-corrected chi connectivity index (χ1v) is 17.8. The normalized spacial score (nSPS) is 11.8. The van der Waals surface area contributed by atoms with Crippen molar-refractivity contribution in [1.29, 1.82) is 5.26 Å². The van der Waals surface area contributed by atoms with Gasteiger partial charge in [-0.05, 0) is 77.4 Å². The van der Waals surface area contributed by atoms with Gasteiger partial charge < -0.3 is 13.6 Å². The molecule has 0 aliphatic rings. The Labute approximate surface area is 304 Å². The lowest BCUT2D eigenvalue weighted by Crippen LogP contribution is -2.00. The first-order chi connectivity index (χ1) is 26.3. The van der Waals surface area contributed by atoms with Crippen LogP contribution >= 0.6 is 0 Å². The molecule has 0 radical (unpaired) electrons. The van der Waals surface area contributed by atoms with Gasteiger partial charge in [-0.1, -0.05) is 115 Å². The van der Waals surface area contributed by atoms with E-state index < -0.39 is 0 Å². The van der Waals surface area contributed by atoms with Gasteiger partial charge in [0.2, 0.25) is 0 Å². The van der Waals surface area contributed by atoms with E-state index in [1.165, 1.54) is 21.9 Å². The molecule has 0 unspecified atom stereocenters. The van der Waals surface area contributed by atoms with Crippen molar-refractivity contribution in [3.63, 3.8) is 0 Å². The standard InChI is InChI=1S/C49H29N3O/c50-30-34-13-10-19-43(52-42-18-8-5-15-37(42)39-27-28-46-48(49(39)52)40-16-6-9-20-45(40)53-46)47(34)32-21-24-35(25-22-32)51-41-17-7-4-14-36(41)38-26-23-33(29-44(38)51)31-11-2-1-3-12-31/h1-29H. The van der Waals surface area contributed by atoms with Gasteiger partial charge in [-0.25, -0.2) is 0 Å². The van der Waals surface area contributed by atoms with Crippen LogP contribution in [-0.4, -0.2) is 9.13 Å². The molecule has 3 aromatic heterocycles. The molecule has 0 saturated carbocycles. The highest BCUT2D eigenvalue weighted by Crippen LogP contribution is 2.43. The van der Waals surface area contributed by atoms with Gasteiger partial charge in [-0.15, -0.1) is 0 Å². The van der Waals surface area contributed by atoms with E-state index in [0.717, 1.165) is 77.3 Å². The predicted octanol–water partition coefficient (Wildman–Crippen LogP) is 13.0. The maximum absolute atomic E-state index is 10.6. The van der Waals surface area contributed by atoms with Gasteiger partial charge in [0.15, 0.2) is 0 Å². The van der Waals surface area contributed by atoms with E-state index in [0.29, 0.717) is 5.56 Å². The summed E-state index contributed by atoms with van der Waals surface area (Å²) in [6.07, 6.45) is 0. The molecule has 53 heavy (non-hydrogen) atoms. The smallest absolute Gasteiger partial charge is 0.137 e. The molecule has 246 valence electrons. The molecule has 4 heteroatoms. The molecule has 0 aliphatic heterocycles. The minimum absolute atomic E-state index is 0.620. The van der Waals surface area contributed by atoms with Gasteiger partial charge in [0, 0.05) is 38.2 Å². The Balaban J connectivity index is 1.15. The summed E-state index contributed by atoms with van der Waals surface area (Å²) in [4.78, 5) is 0. The summed E-state index contributed by atoms with van der Waals surface area (Å²) in [7, 11) is 0. The lowest BCUT2D eigenvalue weighted by molar-refractivity contribution is 0.669. The lowest BCUT2D eigenvalue weighted by Gasteiger charge is -2.17. The highest BCUT2D eigenvalue weighted by molar-refractivity contribution is 6.24. The molecule has 0 atom stereocenters. The number of fused-ring (bicyclic) bond motifs is 10. The van der Waals surface area contributed by atoms with E-state index in [2.05, 4.69) is 167 Å². The zero-order valence-corrected chi connectivity index (χ0v) is 28.5. The Kier molecular flexibility index (Phi) is 6.28. The van der Waals surface area contributed by atoms with Crippen LogP contribution in [0.2, 0.25) is 0 Å². The van der Waals surface area contributed by atoms with Crippen molar-refractivity contribution in [2.24, 2.45) is 0 Å². The van der Waals surface area contributed by atoms with Gasteiger partial charge in [-0.3, -0.25) is 0 Å². The van der Waals surface area contributed by atoms with Crippen molar-refractivity contribution in [1.82, 2.24) is 9.13 Å². The fourth-order valence-corrected chi connectivity index (χ4v) is 8.47. The van der Waals surface area contributed by atoms with Crippen LogP contribution in [0.3, 0.4) is 0 Å². The van der Waals surface area contributed by atoms with Crippen LogP contribution < -0.4 is 0 Å². The summed E-state index contributed by atoms with van der Waals surface area (Å²) in [5.41, 5.74) is 13.0. The largest absolute Gasteiger partial charge is 0.456 e. The molecule has 11 rings (SSSR count). The quantitative estimate of drug-likeness (QED) is 0.186. The number of nitriles is 1. The van der Waals surface area contributed by atoms with Gasteiger partial charge in [0.05, 0.1) is 44.8 Å². The van der Waals surface area contributed by atoms with Gasteiger partial charge in [0.25, 0.3) is 0 Å². The summed E-state index contributed by atoms with van der Waals surface area (Å²) >= 11 is 0. The number of hydrogen-bond acceptors (Lipinski definition) is 2. The number of benzene rings is 8. The first kappa shape index (κ1) is 29.4. The van der Waals surface area contributed by atoms with E-state index in [1.54, 1.807) is 0 Å². The zero-order valence-electron chi connectivity index (χ0n) is 28.5. The molecule has 0 aliphatic carbocycles.